The van der Waals surface area contributed by atoms with E-state index in [4.69, 9.17) is 0 Å². The van der Waals surface area contributed by atoms with Crippen LogP contribution >= 0.6 is 45.2 Å². The van der Waals surface area contributed by atoms with Crippen LogP contribution in [0.1, 0.15) is 44.1 Å². The largest absolute Gasteiger partial charge is 0.506 e. The summed E-state index contributed by atoms with van der Waals surface area (Å²) in [6.45, 7) is 0. The third kappa shape index (κ3) is 2.05. The molecule has 0 saturated heterocycles. The molecular formula is C16H18I2O. The van der Waals surface area contributed by atoms with Crippen molar-refractivity contribution in [2.24, 2.45) is 17.8 Å². The number of phenols is 1. The Morgan fingerprint density at radius 3 is 1.74 bits per heavy atom. The fourth-order valence-corrected chi connectivity index (χ4v) is 7.10. The lowest BCUT2D eigenvalue weighted by atomic mass is 9.48. The number of rotatable bonds is 1. The molecule has 4 saturated carbocycles. The molecule has 0 atom stereocenters. The first kappa shape index (κ1) is 13.2. The van der Waals surface area contributed by atoms with Gasteiger partial charge < -0.3 is 5.11 Å². The third-order valence-electron chi connectivity index (χ3n) is 5.67. The first-order valence-electron chi connectivity index (χ1n) is 7.24. The zero-order valence-electron chi connectivity index (χ0n) is 10.8. The second-order valence-electron chi connectivity index (χ2n) is 6.99. The molecule has 102 valence electrons. The van der Waals surface area contributed by atoms with Crippen molar-refractivity contribution in [2.75, 3.05) is 0 Å². The van der Waals surface area contributed by atoms with E-state index in [-0.39, 0.29) is 0 Å². The van der Waals surface area contributed by atoms with Gasteiger partial charge >= 0.3 is 0 Å². The highest BCUT2D eigenvalue weighted by Crippen LogP contribution is 2.61. The van der Waals surface area contributed by atoms with Crippen molar-refractivity contribution in [3.05, 3.63) is 24.8 Å². The fraction of sp³-hybridized carbons (Fsp3) is 0.625. The molecular weight excluding hydrogens is 462 g/mol. The van der Waals surface area contributed by atoms with Gasteiger partial charge in [0.15, 0.2) is 0 Å². The quantitative estimate of drug-likeness (QED) is 0.557. The van der Waals surface area contributed by atoms with E-state index in [1.807, 2.05) is 0 Å². The van der Waals surface area contributed by atoms with Crippen molar-refractivity contribution >= 4 is 45.2 Å². The first-order chi connectivity index (χ1) is 9.06. The number of hydrogen-bond acceptors (Lipinski definition) is 1. The zero-order valence-corrected chi connectivity index (χ0v) is 15.1. The van der Waals surface area contributed by atoms with Crippen molar-refractivity contribution in [2.45, 2.75) is 43.9 Å². The van der Waals surface area contributed by atoms with Gasteiger partial charge in [-0.05, 0) is 125 Å². The Labute approximate surface area is 141 Å². The Morgan fingerprint density at radius 2 is 1.32 bits per heavy atom. The molecule has 4 aliphatic carbocycles. The molecule has 0 unspecified atom stereocenters. The maximum Gasteiger partial charge on any atom is 0.142 e. The lowest BCUT2D eigenvalue weighted by Gasteiger charge is -2.57. The lowest BCUT2D eigenvalue weighted by molar-refractivity contribution is -0.00526. The van der Waals surface area contributed by atoms with Gasteiger partial charge in [-0.15, -0.1) is 0 Å². The van der Waals surface area contributed by atoms with Crippen LogP contribution in [-0.2, 0) is 5.41 Å². The fourth-order valence-electron chi connectivity index (χ4n) is 5.34. The standard InChI is InChI=1S/C16H18I2O/c17-13-4-12(5-14(18)15(13)19)16-6-9-1-10(7-16)3-11(2-9)8-16/h4-5,9-11,19H,1-3,6-8H2. The highest BCUT2D eigenvalue weighted by molar-refractivity contribution is 14.1. The molecule has 1 N–H and O–H groups in total. The van der Waals surface area contributed by atoms with Crippen molar-refractivity contribution in [3.8, 4) is 5.75 Å². The van der Waals surface area contributed by atoms with Gasteiger partial charge in [-0.3, -0.25) is 0 Å². The Morgan fingerprint density at radius 1 is 0.895 bits per heavy atom. The van der Waals surface area contributed by atoms with Gasteiger partial charge in [0, 0.05) is 0 Å². The van der Waals surface area contributed by atoms with E-state index in [0.29, 0.717) is 11.2 Å². The van der Waals surface area contributed by atoms with E-state index < -0.39 is 0 Å². The third-order valence-corrected chi connectivity index (χ3v) is 7.31. The van der Waals surface area contributed by atoms with Crippen LogP contribution in [0.4, 0.5) is 0 Å². The van der Waals surface area contributed by atoms with Gasteiger partial charge in [0.2, 0.25) is 0 Å². The SMILES string of the molecule is Oc1c(I)cc(C23CC4CC(CC(C4)C2)C3)cc1I. The normalized spacial score (nSPS) is 39.8. The summed E-state index contributed by atoms with van der Waals surface area (Å²) in [4.78, 5) is 0. The summed E-state index contributed by atoms with van der Waals surface area (Å²) in [7, 11) is 0. The summed E-state index contributed by atoms with van der Waals surface area (Å²) in [5, 5.41) is 10.00. The summed E-state index contributed by atoms with van der Waals surface area (Å²) in [5.74, 6) is 3.41. The summed E-state index contributed by atoms with van der Waals surface area (Å²) in [6.07, 6.45) is 8.67. The number of benzene rings is 1. The molecule has 1 aromatic carbocycles. The topological polar surface area (TPSA) is 20.2 Å². The minimum atomic E-state index is 0.447. The molecule has 0 heterocycles. The van der Waals surface area contributed by atoms with Crippen LogP contribution in [-0.4, -0.2) is 5.11 Å². The second kappa shape index (κ2) is 4.49. The highest BCUT2D eigenvalue weighted by atomic mass is 127. The van der Waals surface area contributed by atoms with Gasteiger partial charge in [0.05, 0.1) is 7.14 Å². The lowest BCUT2D eigenvalue weighted by Crippen LogP contribution is -2.48. The van der Waals surface area contributed by atoms with Crippen molar-refractivity contribution in [1.82, 2.24) is 0 Å². The zero-order chi connectivity index (χ0) is 13.2. The average molecular weight is 480 g/mol. The maximum absolute atomic E-state index is 10.00. The first-order valence-corrected chi connectivity index (χ1v) is 9.40. The van der Waals surface area contributed by atoms with Crippen LogP contribution in [0.15, 0.2) is 12.1 Å². The van der Waals surface area contributed by atoms with Gasteiger partial charge in [0.25, 0.3) is 0 Å². The number of halogens is 2. The smallest absolute Gasteiger partial charge is 0.142 e. The molecule has 4 aliphatic rings. The average Bonchev–Trinajstić information content (AvgIpc) is 2.33. The predicted octanol–water partition coefficient (Wildman–Crippen LogP) is 5.07. The van der Waals surface area contributed by atoms with Crippen molar-refractivity contribution in [3.63, 3.8) is 0 Å². The summed E-state index contributed by atoms with van der Waals surface area (Å²) in [6, 6.07) is 4.51. The minimum Gasteiger partial charge on any atom is -0.506 e. The number of aromatic hydroxyl groups is 1. The summed E-state index contributed by atoms with van der Waals surface area (Å²) < 4.78 is 2.05. The van der Waals surface area contributed by atoms with E-state index in [1.54, 1.807) is 0 Å². The Bertz CT molecular complexity index is 479. The molecule has 0 aromatic heterocycles. The van der Waals surface area contributed by atoms with Gasteiger partial charge in [0.1, 0.15) is 5.75 Å². The van der Waals surface area contributed by atoms with Crippen LogP contribution in [0.3, 0.4) is 0 Å². The molecule has 1 aromatic rings. The summed E-state index contributed by atoms with van der Waals surface area (Å²) in [5.41, 5.74) is 1.96. The monoisotopic (exact) mass is 480 g/mol. The van der Waals surface area contributed by atoms with Crippen LogP contribution in [0.25, 0.3) is 0 Å². The second-order valence-corrected chi connectivity index (χ2v) is 9.31. The van der Waals surface area contributed by atoms with Gasteiger partial charge in [-0.1, -0.05) is 0 Å². The molecule has 0 radical (unpaired) electrons. The van der Waals surface area contributed by atoms with Crippen molar-refractivity contribution < 1.29 is 5.11 Å². The molecule has 0 amide bonds. The predicted molar refractivity (Wildman–Crippen MR) is 93.4 cm³/mol. The molecule has 19 heavy (non-hydrogen) atoms. The van der Waals surface area contributed by atoms with E-state index >= 15 is 0 Å². The number of hydrogen-bond donors (Lipinski definition) is 1. The van der Waals surface area contributed by atoms with Crippen LogP contribution < -0.4 is 0 Å². The minimum absolute atomic E-state index is 0.447. The van der Waals surface area contributed by atoms with E-state index in [1.165, 1.54) is 44.1 Å². The Hall–Kier alpha value is 0.480. The Kier molecular flexibility index (Phi) is 3.11. The van der Waals surface area contributed by atoms with E-state index in [2.05, 4.69) is 57.3 Å². The molecule has 0 aliphatic heterocycles. The van der Waals surface area contributed by atoms with Crippen molar-refractivity contribution in [1.29, 1.82) is 0 Å². The molecule has 3 heteroatoms. The maximum atomic E-state index is 10.00. The van der Waals surface area contributed by atoms with Crippen LogP contribution in [0.5, 0.6) is 5.75 Å². The van der Waals surface area contributed by atoms with Crippen LogP contribution in [0.2, 0.25) is 0 Å². The molecule has 4 bridgehead atoms. The molecule has 1 nitrogen and oxygen atoms in total. The molecule has 4 fully saturated rings. The van der Waals surface area contributed by atoms with Gasteiger partial charge in [-0.2, -0.15) is 0 Å². The van der Waals surface area contributed by atoms with E-state index in [0.717, 1.165) is 24.9 Å². The molecule has 0 spiro atoms. The van der Waals surface area contributed by atoms with Gasteiger partial charge in [-0.25, -0.2) is 0 Å². The van der Waals surface area contributed by atoms with Crippen LogP contribution in [0, 0.1) is 24.9 Å². The Balaban J connectivity index is 1.79. The molecule has 5 rings (SSSR count). The highest BCUT2D eigenvalue weighted by Gasteiger charge is 2.51. The number of phenolic OH excluding ortho intramolecular Hbond substituents is 1. The van der Waals surface area contributed by atoms with E-state index in [9.17, 15) is 5.11 Å². The summed E-state index contributed by atoms with van der Waals surface area (Å²) >= 11 is 4.56.